The molecule has 1 unspecified atom stereocenters. The molecular formula is C85H148O5. The van der Waals surface area contributed by atoms with Gasteiger partial charge in [-0.05, 0) is 89.9 Å². The SMILES string of the molecule is CC/C=C\C/C=C\C/C=C\C/C=C\C/C=C\C/C=C\C/C=C\C/C=C\C/C=C\C/C=C\CCCCCCC(=O)OC(CO)COC(=O)CCCCCCCCCCCCCCCCCCCCCCCCCCCCCCCCCCCCCCCCCCC. The Morgan fingerprint density at radius 2 is 0.478 bits per heavy atom. The van der Waals surface area contributed by atoms with Gasteiger partial charge in [0, 0.05) is 12.8 Å². The van der Waals surface area contributed by atoms with Crippen molar-refractivity contribution in [3.05, 3.63) is 122 Å². The molecule has 5 nitrogen and oxygen atoms in total. The molecule has 0 aromatic carbocycles. The van der Waals surface area contributed by atoms with Crippen molar-refractivity contribution in [3.8, 4) is 0 Å². The number of hydrogen-bond acceptors (Lipinski definition) is 5. The normalized spacial score (nSPS) is 12.9. The van der Waals surface area contributed by atoms with E-state index in [1.807, 2.05) is 0 Å². The predicted octanol–water partition coefficient (Wildman–Crippen LogP) is 27.7. The topological polar surface area (TPSA) is 72.8 Å². The first-order valence-electron chi connectivity index (χ1n) is 39.1. The zero-order valence-electron chi connectivity index (χ0n) is 59.6. The van der Waals surface area contributed by atoms with Gasteiger partial charge in [0.05, 0.1) is 6.61 Å². The van der Waals surface area contributed by atoms with Crippen LogP contribution in [0.15, 0.2) is 122 Å². The van der Waals surface area contributed by atoms with E-state index in [9.17, 15) is 14.7 Å². The van der Waals surface area contributed by atoms with Gasteiger partial charge in [0.1, 0.15) is 6.61 Å². The Hall–Kier alpha value is -3.70. The van der Waals surface area contributed by atoms with Crippen LogP contribution >= 0.6 is 0 Å². The minimum Gasteiger partial charge on any atom is -0.462 e. The number of rotatable bonds is 72. The predicted molar refractivity (Wildman–Crippen MR) is 398 cm³/mol. The smallest absolute Gasteiger partial charge is 0.306 e. The molecule has 0 fully saturated rings. The lowest BCUT2D eigenvalue weighted by Crippen LogP contribution is -2.28. The fourth-order valence-electron chi connectivity index (χ4n) is 11.5. The van der Waals surface area contributed by atoms with E-state index in [4.69, 9.17) is 9.47 Å². The largest absolute Gasteiger partial charge is 0.462 e. The summed E-state index contributed by atoms with van der Waals surface area (Å²) in [5.74, 6) is -0.612. The number of carbonyl (C=O) groups is 2. The highest BCUT2D eigenvalue weighted by atomic mass is 16.6. The maximum atomic E-state index is 12.4. The second-order valence-electron chi connectivity index (χ2n) is 26.1. The highest BCUT2D eigenvalue weighted by molar-refractivity contribution is 5.70. The zero-order valence-corrected chi connectivity index (χ0v) is 59.6. The van der Waals surface area contributed by atoms with Crippen molar-refractivity contribution >= 4 is 11.9 Å². The third-order valence-electron chi connectivity index (χ3n) is 17.3. The molecule has 0 heterocycles. The summed E-state index contributed by atoms with van der Waals surface area (Å²) in [6.07, 6.45) is 117. The number of carbonyl (C=O) groups excluding carboxylic acids is 2. The highest BCUT2D eigenvalue weighted by Crippen LogP contribution is 2.19. The van der Waals surface area contributed by atoms with Crippen LogP contribution < -0.4 is 0 Å². The van der Waals surface area contributed by atoms with Crippen molar-refractivity contribution in [2.45, 2.75) is 392 Å². The van der Waals surface area contributed by atoms with Crippen molar-refractivity contribution in [1.29, 1.82) is 0 Å². The van der Waals surface area contributed by atoms with Gasteiger partial charge in [0.25, 0.3) is 0 Å². The second-order valence-corrected chi connectivity index (χ2v) is 26.1. The molecule has 0 rings (SSSR count). The van der Waals surface area contributed by atoms with Crippen LogP contribution in [0.1, 0.15) is 386 Å². The Kier molecular flexibility index (Phi) is 76.3. The molecule has 0 spiro atoms. The summed E-state index contributed by atoms with van der Waals surface area (Å²) in [6, 6.07) is 0. The van der Waals surface area contributed by atoms with E-state index in [0.29, 0.717) is 12.8 Å². The maximum Gasteiger partial charge on any atom is 0.306 e. The van der Waals surface area contributed by atoms with Gasteiger partial charge in [-0.25, -0.2) is 0 Å². The van der Waals surface area contributed by atoms with E-state index >= 15 is 0 Å². The average Bonchev–Trinajstić information content (AvgIpc) is 3.58. The van der Waals surface area contributed by atoms with Gasteiger partial charge >= 0.3 is 11.9 Å². The van der Waals surface area contributed by atoms with E-state index < -0.39 is 6.10 Å². The van der Waals surface area contributed by atoms with Crippen LogP contribution in [0.2, 0.25) is 0 Å². The second kappa shape index (κ2) is 79.5. The molecular weight excluding hydrogens is 1100 g/mol. The molecule has 0 bridgehead atoms. The van der Waals surface area contributed by atoms with Crippen LogP contribution in [0.5, 0.6) is 0 Å². The van der Waals surface area contributed by atoms with E-state index in [1.54, 1.807) is 0 Å². The van der Waals surface area contributed by atoms with E-state index in [1.165, 1.54) is 244 Å². The summed E-state index contributed by atoms with van der Waals surface area (Å²) in [7, 11) is 0. The van der Waals surface area contributed by atoms with Crippen molar-refractivity contribution in [2.24, 2.45) is 0 Å². The Morgan fingerprint density at radius 1 is 0.267 bits per heavy atom. The quantitative estimate of drug-likeness (QED) is 0.0373. The Morgan fingerprint density at radius 3 is 0.722 bits per heavy atom. The van der Waals surface area contributed by atoms with Gasteiger partial charge in [-0.1, -0.05) is 405 Å². The van der Waals surface area contributed by atoms with Gasteiger partial charge in [-0.15, -0.1) is 0 Å². The van der Waals surface area contributed by atoms with E-state index in [0.717, 1.165) is 116 Å². The fraction of sp³-hybridized carbons (Fsp3) is 0.741. The molecule has 1 atom stereocenters. The number of aliphatic hydroxyl groups excluding tert-OH is 1. The number of allylic oxidation sites excluding steroid dienone is 20. The van der Waals surface area contributed by atoms with Gasteiger partial charge in [-0.3, -0.25) is 9.59 Å². The number of hydrogen-bond donors (Lipinski definition) is 1. The minimum absolute atomic E-state index is 0.0799. The molecule has 0 saturated carbocycles. The van der Waals surface area contributed by atoms with Crippen molar-refractivity contribution in [2.75, 3.05) is 13.2 Å². The molecule has 0 radical (unpaired) electrons. The van der Waals surface area contributed by atoms with Gasteiger partial charge in [0.15, 0.2) is 6.10 Å². The first-order chi connectivity index (χ1) is 44.6. The molecule has 0 aliphatic heterocycles. The lowest BCUT2D eigenvalue weighted by molar-refractivity contribution is -0.161. The molecule has 518 valence electrons. The Labute approximate surface area is 560 Å². The molecule has 0 aromatic heterocycles. The summed E-state index contributed by atoms with van der Waals surface area (Å²) in [5.41, 5.74) is 0. The third kappa shape index (κ3) is 76.8. The summed E-state index contributed by atoms with van der Waals surface area (Å²) < 4.78 is 10.8. The van der Waals surface area contributed by atoms with Gasteiger partial charge in [-0.2, -0.15) is 0 Å². The number of ether oxygens (including phenoxy) is 2. The van der Waals surface area contributed by atoms with Gasteiger partial charge < -0.3 is 14.6 Å². The van der Waals surface area contributed by atoms with Crippen LogP contribution in [0.4, 0.5) is 0 Å². The summed E-state index contributed by atoms with van der Waals surface area (Å²) in [6.45, 7) is 4.05. The summed E-state index contributed by atoms with van der Waals surface area (Å²) >= 11 is 0. The maximum absolute atomic E-state index is 12.4. The van der Waals surface area contributed by atoms with Crippen molar-refractivity contribution in [1.82, 2.24) is 0 Å². The highest BCUT2D eigenvalue weighted by Gasteiger charge is 2.16. The number of unbranched alkanes of at least 4 members (excludes halogenated alkanes) is 44. The zero-order chi connectivity index (χ0) is 64.7. The minimum atomic E-state index is -0.795. The third-order valence-corrected chi connectivity index (χ3v) is 17.3. The molecule has 0 amide bonds. The standard InChI is InChI=1S/C85H148O5/c1-3-5-7-9-11-13-15-17-19-21-23-25-27-29-31-33-35-37-39-40-41-42-43-44-46-47-49-51-53-55-57-59-61-63-65-67-69-71-73-75-77-79-84(87)89-82-83(81-86)90-85(88)80-78-76-74-72-70-68-66-64-62-60-58-56-54-52-50-48-45-38-36-34-32-30-28-26-24-22-20-18-16-14-12-10-8-6-4-2/h6,8,12,14,18,20,24,26,30,32,36,38,48,50,54,56,60,62,66,68,83,86H,3-5,7,9-11,13,15-17,19,21-23,25,27-29,31,33-35,37,39-47,49,51-53,55,57-59,61,63-65,67,69-82H2,1-2H3/b8-6-,14-12-,20-18-,26-24-,32-30-,38-36-,50-48-,56-54-,62-60-,68-66-. The van der Waals surface area contributed by atoms with E-state index in [2.05, 4.69) is 135 Å². The Bertz CT molecular complexity index is 1750. The fourth-order valence-corrected chi connectivity index (χ4v) is 11.5. The number of esters is 2. The average molecular weight is 1250 g/mol. The van der Waals surface area contributed by atoms with Crippen molar-refractivity contribution < 1.29 is 24.2 Å². The molecule has 1 N–H and O–H groups in total. The summed E-state index contributed by atoms with van der Waals surface area (Å²) in [5, 5.41) is 9.71. The monoisotopic (exact) mass is 1250 g/mol. The first-order valence-corrected chi connectivity index (χ1v) is 39.1. The molecule has 0 aromatic rings. The lowest BCUT2D eigenvalue weighted by atomic mass is 10.0. The molecule has 90 heavy (non-hydrogen) atoms. The van der Waals surface area contributed by atoms with Crippen LogP contribution in [-0.2, 0) is 19.1 Å². The first kappa shape index (κ1) is 86.3. The number of aliphatic hydroxyl groups is 1. The van der Waals surface area contributed by atoms with Crippen molar-refractivity contribution in [3.63, 3.8) is 0 Å². The molecule has 0 aliphatic carbocycles. The Balaban J connectivity index is 3.48. The molecule has 0 aliphatic rings. The van der Waals surface area contributed by atoms with Crippen LogP contribution in [0.25, 0.3) is 0 Å². The molecule has 0 saturated heterocycles. The van der Waals surface area contributed by atoms with Crippen LogP contribution in [0.3, 0.4) is 0 Å². The van der Waals surface area contributed by atoms with Crippen LogP contribution in [-0.4, -0.2) is 36.4 Å². The lowest BCUT2D eigenvalue weighted by Gasteiger charge is -2.15. The van der Waals surface area contributed by atoms with E-state index in [-0.39, 0.29) is 25.2 Å². The molecule has 5 heteroatoms. The van der Waals surface area contributed by atoms with Gasteiger partial charge in [0.2, 0.25) is 0 Å². The summed E-state index contributed by atoms with van der Waals surface area (Å²) in [4.78, 5) is 24.7. The van der Waals surface area contributed by atoms with Crippen LogP contribution in [0, 0.1) is 0 Å².